The molecule has 0 saturated heterocycles. The van der Waals surface area contributed by atoms with Crippen LogP contribution in [-0.2, 0) is 13.0 Å². The fraction of sp³-hybridized carbons (Fsp3) is 0.294. The molecule has 0 bridgehead atoms. The van der Waals surface area contributed by atoms with Gasteiger partial charge in [0.05, 0.1) is 11.6 Å². The van der Waals surface area contributed by atoms with E-state index in [1.165, 1.54) is 0 Å². The summed E-state index contributed by atoms with van der Waals surface area (Å²) in [4.78, 5) is 8.30. The van der Waals surface area contributed by atoms with E-state index in [1.807, 2.05) is 24.3 Å². The molecule has 5 nitrogen and oxygen atoms in total. The summed E-state index contributed by atoms with van der Waals surface area (Å²) >= 11 is 9.27. The first kappa shape index (κ1) is 22.0. The molecule has 0 radical (unpaired) electrons. The van der Waals surface area contributed by atoms with Crippen LogP contribution in [0.3, 0.4) is 0 Å². The van der Waals surface area contributed by atoms with Crippen molar-refractivity contribution in [2.24, 2.45) is 4.99 Å². The maximum absolute atomic E-state index is 5.78. The first-order valence-electron chi connectivity index (χ1n) is 7.49. The number of benzene rings is 1. The van der Waals surface area contributed by atoms with Crippen molar-refractivity contribution in [3.05, 3.63) is 57.3 Å². The third-order valence-electron chi connectivity index (χ3n) is 3.39. The number of guanidine groups is 1. The van der Waals surface area contributed by atoms with Crippen LogP contribution in [-0.4, -0.2) is 31.6 Å². The van der Waals surface area contributed by atoms with Gasteiger partial charge in [-0.05, 0) is 51.7 Å². The van der Waals surface area contributed by atoms with Gasteiger partial charge >= 0.3 is 0 Å². The molecular weight excluding hydrogens is 518 g/mol. The monoisotopic (exact) mass is 538 g/mol. The zero-order valence-corrected chi connectivity index (χ0v) is 18.7. The molecule has 1 aromatic carbocycles. The lowest BCUT2D eigenvalue weighted by Gasteiger charge is -2.12. The van der Waals surface area contributed by atoms with Crippen LogP contribution in [0.15, 0.2) is 46.0 Å². The van der Waals surface area contributed by atoms with Gasteiger partial charge in [-0.3, -0.25) is 4.99 Å². The number of halogens is 3. The molecule has 0 atom stereocenters. The Hall–Kier alpha value is -1.06. The van der Waals surface area contributed by atoms with Crippen molar-refractivity contribution in [2.45, 2.75) is 13.0 Å². The molecule has 25 heavy (non-hydrogen) atoms. The van der Waals surface area contributed by atoms with Crippen molar-refractivity contribution >= 4 is 57.5 Å². The van der Waals surface area contributed by atoms with E-state index in [1.54, 1.807) is 26.4 Å². The minimum atomic E-state index is 0. The fourth-order valence-corrected chi connectivity index (χ4v) is 2.81. The molecule has 1 aromatic heterocycles. The number of hydrogen-bond acceptors (Lipinski definition) is 3. The molecule has 0 aliphatic heterocycles. The van der Waals surface area contributed by atoms with Crippen molar-refractivity contribution in [2.75, 3.05) is 20.7 Å². The topological polar surface area (TPSA) is 58.5 Å². The number of rotatable bonds is 6. The number of hydrogen-bond donors (Lipinski definition) is 2. The lowest BCUT2D eigenvalue weighted by Crippen LogP contribution is -2.37. The summed E-state index contributed by atoms with van der Waals surface area (Å²) in [7, 11) is 3.41. The van der Waals surface area contributed by atoms with E-state index in [0.717, 1.165) is 40.3 Å². The molecule has 0 unspecified atom stereocenters. The second-order valence-electron chi connectivity index (χ2n) is 5.06. The normalized spacial score (nSPS) is 10.8. The Morgan fingerprint density at radius 1 is 1.24 bits per heavy atom. The molecule has 0 spiro atoms. The molecule has 0 saturated carbocycles. The second-order valence-corrected chi connectivity index (χ2v) is 6.30. The maximum atomic E-state index is 5.78. The number of nitrogens with zero attached hydrogens (tertiary/aromatic N) is 2. The number of aliphatic imine (C=N–C) groups is 1. The average Bonchev–Trinajstić information content (AvgIpc) is 2.59. The smallest absolute Gasteiger partial charge is 0.191 e. The van der Waals surface area contributed by atoms with Gasteiger partial charge in [0, 0.05) is 26.3 Å². The number of aromatic nitrogens is 1. The van der Waals surface area contributed by atoms with Gasteiger partial charge in [-0.1, -0.05) is 23.7 Å². The predicted octanol–water partition coefficient (Wildman–Crippen LogP) is 4.03. The Labute approximate surface area is 178 Å². The lowest BCUT2D eigenvalue weighted by molar-refractivity contribution is 0.412. The lowest BCUT2D eigenvalue weighted by atomic mass is 10.2. The van der Waals surface area contributed by atoms with Crippen LogP contribution >= 0.6 is 51.5 Å². The molecule has 0 aliphatic rings. The van der Waals surface area contributed by atoms with Crippen molar-refractivity contribution < 1.29 is 4.74 Å². The van der Waals surface area contributed by atoms with E-state index in [9.17, 15) is 0 Å². The summed E-state index contributed by atoms with van der Waals surface area (Å²) in [6.07, 6.45) is 2.63. The van der Waals surface area contributed by atoms with Gasteiger partial charge in [0.25, 0.3) is 0 Å². The Balaban J connectivity index is 0.00000312. The largest absolute Gasteiger partial charge is 0.496 e. The van der Waals surface area contributed by atoms with E-state index in [2.05, 4.69) is 36.5 Å². The van der Waals surface area contributed by atoms with Gasteiger partial charge in [-0.2, -0.15) is 0 Å². The van der Waals surface area contributed by atoms with Crippen LogP contribution in [0.4, 0.5) is 0 Å². The highest BCUT2D eigenvalue weighted by Crippen LogP contribution is 2.25. The van der Waals surface area contributed by atoms with Crippen LogP contribution in [0, 0.1) is 0 Å². The molecule has 1 heterocycles. The molecule has 8 heteroatoms. The molecule has 0 amide bonds. The summed E-state index contributed by atoms with van der Waals surface area (Å²) in [5, 5.41) is 7.08. The SMILES string of the molecule is CN=C(NCCc1ccc(Cl)nc1)NCc1ccc(OC)c(Br)c1.I. The molecule has 0 aliphatic carbocycles. The van der Waals surface area contributed by atoms with E-state index in [-0.39, 0.29) is 24.0 Å². The van der Waals surface area contributed by atoms with Crippen LogP contribution < -0.4 is 15.4 Å². The van der Waals surface area contributed by atoms with Crippen LogP contribution in [0.2, 0.25) is 5.15 Å². The highest BCUT2D eigenvalue weighted by atomic mass is 127. The first-order valence-corrected chi connectivity index (χ1v) is 8.67. The summed E-state index contributed by atoms with van der Waals surface area (Å²) in [6.45, 7) is 1.43. The predicted molar refractivity (Wildman–Crippen MR) is 117 cm³/mol. The number of pyridine rings is 1. The highest BCUT2D eigenvalue weighted by molar-refractivity contribution is 14.0. The molecule has 2 rings (SSSR count). The third kappa shape index (κ3) is 7.37. The standard InChI is InChI=1S/C17H20BrClN4O.HI/c1-20-17(21-8-7-12-4-6-16(19)22-10-12)23-11-13-3-5-15(24-2)14(18)9-13;/h3-6,9-10H,7-8,11H2,1-2H3,(H2,20,21,23);1H. The Morgan fingerprint density at radius 2 is 2.00 bits per heavy atom. The van der Waals surface area contributed by atoms with Crippen molar-refractivity contribution in [3.8, 4) is 5.75 Å². The zero-order valence-electron chi connectivity index (χ0n) is 14.1. The maximum Gasteiger partial charge on any atom is 0.191 e. The zero-order chi connectivity index (χ0) is 17.4. The minimum absolute atomic E-state index is 0. The minimum Gasteiger partial charge on any atom is -0.496 e. The Morgan fingerprint density at radius 3 is 2.60 bits per heavy atom. The first-order chi connectivity index (χ1) is 11.6. The summed E-state index contributed by atoms with van der Waals surface area (Å²) in [6, 6.07) is 9.75. The van der Waals surface area contributed by atoms with Gasteiger partial charge < -0.3 is 15.4 Å². The highest BCUT2D eigenvalue weighted by Gasteiger charge is 2.03. The van der Waals surface area contributed by atoms with Gasteiger partial charge in [-0.25, -0.2) is 4.98 Å². The van der Waals surface area contributed by atoms with Gasteiger partial charge in [-0.15, -0.1) is 24.0 Å². The quantitative estimate of drug-likeness (QED) is 0.252. The van der Waals surface area contributed by atoms with E-state index < -0.39 is 0 Å². The van der Waals surface area contributed by atoms with Gasteiger partial charge in [0.2, 0.25) is 0 Å². The van der Waals surface area contributed by atoms with Gasteiger partial charge in [0.15, 0.2) is 5.96 Å². The molecule has 2 aromatic rings. The number of ether oxygens (including phenoxy) is 1. The molecular formula is C17H21BrClIN4O. The Bertz CT molecular complexity index is 698. The van der Waals surface area contributed by atoms with Crippen LogP contribution in [0.25, 0.3) is 0 Å². The van der Waals surface area contributed by atoms with Crippen LogP contribution in [0.1, 0.15) is 11.1 Å². The van der Waals surface area contributed by atoms with Crippen molar-refractivity contribution in [1.82, 2.24) is 15.6 Å². The van der Waals surface area contributed by atoms with Crippen LogP contribution in [0.5, 0.6) is 5.75 Å². The van der Waals surface area contributed by atoms with E-state index in [4.69, 9.17) is 16.3 Å². The Kier molecular flexibility index (Phi) is 10.1. The molecule has 136 valence electrons. The molecule has 0 fully saturated rings. The van der Waals surface area contributed by atoms with E-state index in [0.29, 0.717) is 11.7 Å². The average molecular weight is 540 g/mol. The van der Waals surface area contributed by atoms with Crippen molar-refractivity contribution in [1.29, 1.82) is 0 Å². The summed E-state index contributed by atoms with van der Waals surface area (Å²) in [5.74, 6) is 1.57. The van der Waals surface area contributed by atoms with E-state index >= 15 is 0 Å². The van der Waals surface area contributed by atoms with Gasteiger partial charge in [0.1, 0.15) is 10.9 Å². The number of nitrogens with one attached hydrogen (secondary N) is 2. The van der Waals surface area contributed by atoms with Crippen molar-refractivity contribution in [3.63, 3.8) is 0 Å². The fourth-order valence-electron chi connectivity index (χ4n) is 2.11. The number of methoxy groups -OCH3 is 1. The molecule has 2 N–H and O–H groups in total. The summed E-state index contributed by atoms with van der Waals surface area (Å²) < 4.78 is 6.17. The third-order valence-corrected chi connectivity index (χ3v) is 4.24. The summed E-state index contributed by atoms with van der Waals surface area (Å²) in [5.41, 5.74) is 2.26. The second kappa shape index (κ2) is 11.5.